The van der Waals surface area contributed by atoms with Gasteiger partial charge in [-0.2, -0.15) is 0 Å². The van der Waals surface area contributed by atoms with Crippen molar-refractivity contribution in [2.75, 3.05) is 6.54 Å². The minimum absolute atomic E-state index is 0.0538. The second kappa shape index (κ2) is 6.42. The molecule has 1 rings (SSSR count). The third kappa shape index (κ3) is 4.27. The summed E-state index contributed by atoms with van der Waals surface area (Å²) in [4.78, 5) is 21.7. The van der Waals surface area contributed by atoms with E-state index in [2.05, 4.69) is 5.32 Å². The van der Waals surface area contributed by atoms with Crippen LogP contribution in [0.15, 0.2) is 18.2 Å². The summed E-state index contributed by atoms with van der Waals surface area (Å²) < 4.78 is 13.5. The largest absolute Gasteiger partial charge is 0.388 e. The molecular formula is C13H17FN2O4. The second-order valence-corrected chi connectivity index (χ2v) is 4.85. The Balaban J connectivity index is 2.82. The van der Waals surface area contributed by atoms with E-state index in [4.69, 9.17) is 0 Å². The van der Waals surface area contributed by atoms with Crippen molar-refractivity contribution in [2.24, 2.45) is 0 Å². The molecule has 1 atom stereocenters. The van der Waals surface area contributed by atoms with E-state index in [9.17, 15) is 24.4 Å². The summed E-state index contributed by atoms with van der Waals surface area (Å²) >= 11 is 0. The molecule has 0 aliphatic carbocycles. The Hall–Kier alpha value is -2.02. The molecule has 0 radical (unpaired) electrons. The zero-order chi connectivity index (χ0) is 15.3. The molecule has 110 valence electrons. The minimum Gasteiger partial charge on any atom is -0.388 e. The van der Waals surface area contributed by atoms with Gasteiger partial charge < -0.3 is 10.4 Å². The number of non-ortho nitro benzene ring substituents is 1. The monoisotopic (exact) mass is 284 g/mol. The van der Waals surface area contributed by atoms with Crippen LogP contribution >= 0.6 is 0 Å². The first-order valence-electron chi connectivity index (χ1n) is 6.21. The minimum atomic E-state index is -1.10. The number of nitrogens with one attached hydrogen (secondary N) is 1. The van der Waals surface area contributed by atoms with E-state index in [0.717, 1.165) is 24.6 Å². The maximum atomic E-state index is 13.5. The van der Waals surface area contributed by atoms with Crippen LogP contribution in [-0.2, 0) is 0 Å². The van der Waals surface area contributed by atoms with Crippen molar-refractivity contribution < 1.29 is 19.2 Å². The zero-order valence-corrected chi connectivity index (χ0v) is 11.4. The van der Waals surface area contributed by atoms with Gasteiger partial charge in [0.05, 0.1) is 16.1 Å². The quantitative estimate of drug-likeness (QED) is 0.617. The number of carbonyl (C=O) groups excluding carboxylic acids is 1. The molecule has 6 nitrogen and oxygen atoms in total. The first-order chi connectivity index (χ1) is 9.26. The summed E-state index contributed by atoms with van der Waals surface area (Å²) in [6.45, 7) is 3.39. The predicted octanol–water partition coefficient (Wildman–Crippen LogP) is 2.01. The Bertz CT molecular complexity index is 517. The third-order valence-corrected chi connectivity index (χ3v) is 2.82. The fourth-order valence-corrected chi connectivity index (χ4v) is 1.79. The Labute approximate surface area is 115 Å². The number of nitrogens with zero attached hydrogens (tertiary/aromatic N) is 1. The van der Waals surface area contributed by atoms with Gasteiger partial charge in [-0.3, -0.25) is 14.9 Å². The van der Waals surface area contributed by atoms with Crippen LogP contribution in [0.1, 0.15) is 37.0 Å². The zero-order valence-electron chi connectivity index (χ0n) is 11.4. The summed E-state index contributed by atoms with van der Waals surface area (Å²) in [5.74, 6) is -1.63. The molecule has 1 aromatic rings. The Morgan fingerprint density at radius 2 is 2.20 bits per heavy atom. The van der Waals surface area contributed by atoms with E-state index < -0.39 is 27.8 Å². The van der Waals surface area contributed by atoms with Crippen LogP contribution < -0.4 is 5.32 Å². The number of halogens is 1. The number of benzene rings is 1. The molecule has 0 heterocycles. The highest BCUT2D eigenvalue weighted by atomic mass is 19.1. The summed E-state index contributed by atoms with van der Waals surface area (Å²) in [5, 5.41) is 22.9. The summed E-state index contributed by atoms with van der Waals surface area (Å²) in [7, 11) is 0. The van der Waals surface area contributed by atoms with Gasteiger partial charge in [0.25, 0.3) is 11.6 Å². The molecular weight excluding hydrogens is 267 g/mol. The van der Waals surface area contributed by atoms with Crippen LogP contribution in [0.2, 0.25) is 0 Å². The molecule has 0 aliphatic rings. The number of amides is 1. The van der Waals surface area contributed by atoms with Crippen molar-refractivity contribution in [1.82, 2.24) is 5.32 Å². The lowest BCUT2D eigenvalue weighted by Gasteiger charge is -2.22. The van der Waals surface area contributed by atoms with Crippen LogP contribution in [-0.4, -0.2) is 28.1 Å². The van der Waals surface area contributed by atoms with Gasteiger partial charge in [0.15, 0.2) is 0 Å². The predicted molar refractivity (Wildman–Crippen MR) is 70.9 cm³/mol. The highest BCUT2D eigenvalue weighted by Gasteiger charge is 2.22. The first-order valence-corrected chi connectivity index (χ1v) is 6.21. The highest BCUT2D eigenvalue weighted by molar-refractivity contribution is 5.95. The summed E-state index contributed by atoms with van der Waals surface area (Å²) in [6.07, 6.45) is 1.21. The molecule has 0 spiro atoms. The molecule has 7 heteroatoms. The molecule has 2 N–H and O–H groups in total. The van der Waals surface area contributed by atoms with Gasteiger partial charge in [-0.05, 0) is 19.4 Å². The molecule has 0 saturated carbocycles. The number of hydrogen-bond acceptors (Lipinski definition) is 4. The van der Waals surface area contributed by atoms with Gasteiger partial charge in [0.1, 0.15) is 5.82 Å². The van der Waals surface area contributed by atoms with Crippen LogP contribution in [0, 0.1) is 15.9 Å². The lowest BCUT2D eigenvalue weighted by molar-refractivity contribution is -0.384. The fourth-order valence-electron chi connectivity index (χ4n) is 1.79. The number of nitro benzene ring substituents is 1. The van der Waals surface area contributed by atoms with E-state index in [0.29, 0.717) is 6.42 Å². The average molecular weight is 284 g/mol. The van der Waals surface area contributed by atoms with Crippen LogP contribution in [0.3, 0.4) is 0 Å². The topological polar surface area (TPSA) is 92.5 Å². The van der Waals surface area contributed by atoms with Crippen molar-refractivity contribution in [3.8, 4) is 0 Å². The normalized spacial score (nSPS) is 13.6. The van der Waals surface area contributed by atoms with E-state index in [-0.39, 0.29) is 12.2 Å². The lowest BCUT2D eigenvalue weighted by Crippen LogP contribution is -2.40. The van der Waals surface area contributed by atoms with Crippen molar-refractivity contribution in [3.05, 3.63) is 39.7 Å². The smallest absolute Gasteiger partial charge is 0.270 e. The lowest BCUT2D eigenvalue weighted by atomic mass is 10.0. The molecule has 20 heavy (non-hydrogen) atoms. The van der Waals surface area contributed by atoms with E-state index in [1.165, 1.54) is 0 Å². The Morgan fingerprint density at radius 3 is 2.75 bits per heavy atom. The fraction of sp³-hybridized carbons (Fsp3) is 0.462. The molecule has 1 aromatic carbocycles. The molecule has 0 aromatic heterocycles. The number of rotatable bonds is 6. The maximum absolute atomic E-state index is 13.5. The van der Waals surface area contributed by atoms with Crippen molar-refractivity contribution >= 4 is 11.6 Å². The molecule has 0 fully saturated rings. The second-order valence-electron chi connectivity index (χ2n) is 4.85. The Kier molecular flexibility index (Phi) is 5.15. The number of nitro groups is 1. The molecule has 0 bridgehead atoms. The number of hydrogen-bond donors (Lipinski definition) is 2. The van der Waals surface area contributed by atoms with E-state index >= 15 is 0 Å². The van der Waals surface area contributed by atoms with Crippen molar-refractivity contribution in [3.63, 3.8) is 0 Å². The SMILES string of the molecule is CCCC(C)(O)CNC(=O)c1cc([N+](=O)[O-])ccc1F. The average Bonchev–Trinajstić information content (AvgIpc) is 2.36. The van der Waals surface area contributed by atoms with Gasteiger partial charge in [-0.15, -0.1) is 0 Å². The van der Waals surface area contributed by atoms with Crippen molar-refractivity contribution in [2.45, 2.75) is 32.3 Å². The molecule has 1 unspecified atom stereocenters. The van der Waals surface area contributed by atoms with Crippen LogP contribution in [0.25, 0.3) is 0 Å². The van der Waals surface area contributed by atoms with E-state index in [1.807, 2.05) is 6.92 Å². The van der Waals surface area contributed by atoms with Gasteiger partial charge >= 0.3 is 0 Å². The molecule has 1 amide bonds. The molecule has 0 saturated heterocycles. The van der Waals surface area contributed by atoms with Gasteiger partial charge in [-0.25, -0.2) is 4.39 Å². The maximum Gasteiger partial charge on any atom is 0.270 e. The number of aliphatic hydroxyl groups is 1. The van der Waals surface area contributed by atoms with Crippen molar-refractivity contribution in [1.29, 1.82) is 0 Å². The van der Waals surface area contributed by atoms with Crippen LogP contribution in [0.5, 0.6) is 0 Å². The van der Waals surface area contributed by atoms with E-state index in [1.54, 1.807) is 6.92 Å². The van der Waals surface area contributed by atoms with Gasteiger partial charge in [-0.1, -0.05) is 13.3 Å². The van der Waals surface area contributed by atoms with Crippen LogP contribution in [0.4, 0.5) is 10.1 Å². The standard InChI is InChI=1S/C13H17FN2O4/c1-3-6-13(2,18)8-15-12(17)10-7-9(16(19)20)4-5-11(10)14/h4-5,7,18H,3,6,8H2,1-2H3,(H,15,17). The van der Waals surface area contributed by atoms with Gasteiger partial charge in [0.2, 0.25) is 0 Å². The number of carbonyl (C=O) groups is 1. The summed E-state index contributed by atoms with van der Waals surface area (Å²) in [5.41, 5.74) is -1.87. The highest BCUT2D eigenvalue weighted by Crippen LogP contribution is 2.17. The van der Waals surface area contributed by atoms with Gasteiger partial charge in [0, 0.05) is 18.7 Å². The summed E-state index contributed by atoms with van der Waals surface area (Å²) in [6, 6.07) is 2.73. The Morgan fingerprint density at radius 1 is 1.55 bits per heavy atom. The molecule has 0 aliphatic heterocycles. The first kappa shape index (κ1) is 16.0. The third-order valence-electron chi connectivity index (χ3n) is 2.82.